The standard InChI is InChI=1S/C21H29N5O2/c1-2-19-23-18(24-28-19)14-25-12-5-9-21(15-25)10-7-20(27)26(16-21)13-8-17-6-3-4-11-22-17/h3-4,6,11H,2,5,7-10,12-16H2,1H3/t21-/m1/s1. The van der Waals surface area contributed by atoms with Crippen molar-refractivity contribution in [2.24, 2.45) is 5.41 Å². The van der Waals surface area contributed by atoms with E-state index >= 15 is 0 Å². The highest BCUT2D eigenvalue weighted by Gasteiger charge is 2.41. The van der Waals surface area contributed by atoms with Gasteiger partial charge in [0.25, 0.3) is 0 Å². The molecule has 1 atom stereocenters. The minimum Gasteiger partial charge on any atom is -0.342 e. The molecule has 0 aromatic carbocycles. The quantitative estimate of drug-likeness (QED) is 0.763. The molecule has 28 heavy (non-hydrogen) atoms. The van der Waals surface area contributed by atoms with Gasteiger partial charge in [-0.3, -0.25) is 14.7 Å². The summed E-state index contributed by atoms with van der Waals surface area (Å²) in [7, 11) is 0. The number of pyridine rings is 1. The fourth-order valence-electron chi connectivity index (χ4n) is 4.58. The van der Waals surface area contributed by atoms with Gasteiger partial charge in [0.05, 0.1) is 6.54 Å². The monoisotopic (exact) mass is 383 g/mol. The molecule has 2 aromatic rings. The topological polar surface area (TPSA) is 75.4 Å². The number of rotatable bonds is 6. The number of likely N-dealkylation sites (tertiary alicyclic amines) is 2. The van der Waals surface area contributed by atoms with E-state index in [-0.39, 0.29) is 11.3 Å². The first-order valence-corrected chi connectivity index (χ1v) is 10.4. The molecule has 0 saturated carbocycles. The lowest BCUT2D eigenvalue weighted by molar-refractivity contribution is -0.139. The van der Waals surface area contributed by atoms with E-state index < -0.39 is 0 Å². The number of piperidine rings is 2. The first-order valence-electron chi connectivity index (χ1n) is 10.4. The Kier molecular flexibility index (Phi) is 5.71. The van der Waals surface area contributed by atoms with Crippen molar-refractivity contribution in [1.82, 2.24) is 24.9 Å². The second kappa shape index (κ2) is 8.39. The molecule has 7 nitrogen and oxygen atoms in total. The van der Waals surface area contributed by atoms with Gasteiger partial charge in [0.2, 0.25) is 11.8 Å². The van der Waals surface area contributed by atoms with Crippen molar-refractivity contribution in [3.05, 3.63) is 41.8 Å². The number of aromatic nitrogens is 3. The summed E-state index contributed by atoms with van der Waals surface area (Å²) in [4.78, 5) is 25.8. The van der Waals surface area contributed by atoms with Crippen LogP contribution in [0, 0.1) is 5.41 Å². The van der Waals surface area contributed by atoms with Gasteiger partial charge in [-0.25, -0.2) is 0 Å². The number of aryl methyl sites for hydroxylation is 1. The molecular weight excluding hydrogens is 354 g/mol. The molecule has 4 rings (SSSR count). The molecule has 2 aliphatic heterocycles. The zero-order chi connectivity index (χ0) is 19.4. The van der Waals surface area contributed by atoms with Gasteiger partial charge in [-0.1, -0.05) is 18.1 Å². The van der Waals surface area contributed by atoms with Crippen LogP contribution in [0.1, 0.15) is 50.0 Å². The van der Waals surface area contributed by atoms with E-state index in [2.05, 4.69) is 24.9 Å². The molecule has 7 heteroatoms. The maximum Gasteiger partial charge on any atom is 0.226 e. The molecule has 2 fully saturated rings. The third-order valence-electron chi connectivity index (χ3n) is 6.03. The lowest BCUT2D eigenvalue weighted by Crippen LogP contribution is -2.54. The summed E-state index contributed by atoms with van der Waals surface area (Å²) in [5, 5.41) is 4.11. The van der Waals surface area contributed by atoms with Crippen LogP contribution in [0.3, 0.4) is 0 Å². The van der Waals surface area contributed by atoms with Crippen LogP contribution in [0.4, 0.5) is 0 Å². The molecule has 2 aliphatic rings. The summed E-state index contributed by atoms with van der Waals surface area (Å²) < 4.78 is 5.25. The van der Waals surface area contributed by atoms with Crippen molar-refractivity contribution in [2.75, 3.05) is 26.2 Å². The number of carbonyl (C=O) groups excluding carboxylic acids is 1. The van der Waals surface area contributed by atoms with E-state index in [9.17, 15) is 4.79 Å². The Labute approximate surface area is 166 Å². The maximum absolute atomic E-state index is 12.5. The average Bonchev–Trinajstić information content (AvgIpc) is 3.17. The average molecular weight is 383 g/mol. The predicted molar refractivity (Wildman–Crippen MR) is 104 cm³/mol. The van der Waals surface area contributed by atoms with Crippen LogP contribution in [0.5, 0.6) is 0 Å². The molecule has 1 spiro atoms. The smallest absolute Gasteiger partial charge is 0.226 e. The van der Waals surface area contributed by atoms with Gasteiger partial charge < -0.3 is 9.42 Å². The van der Waals surface area contributed by atoms with Gasteiger partial charge in [0.1, 0.15) is 0 Å². The van der Waals surface area contributed by atoms with Crippen molar-refractivity contribution in [1.29, 1.82) is 0 Å². The van der Waals surface area contributed by atoms with Crippen LogP contribution in [-0.4, -0.2) is 57.0 Å². The Morgan fingerprint density at radius 1 is 1.25 bits per heavy atom. The molecule has 1 amide bonds. The van der Waals surface area contributed by atoms with E-state index in [1.165, 1.54) is 6.42 Å². The minimum absolute atomic E-state index is 0.188. The Morgan fingerprint density at radius 2 is 2.18 bits per heavy atom. The van der Waals surface area contributed by atoms with Crippen LogP contribution in [0.15, 0.2) is 28.9 Å². The minimum atomic E-state index is 0.188. The Balaban J connectivity index is 1.37. The number of amides is 1. The molecule has 0 N–H and O–H groups in total. The first-order chi connectivity index (χ1) is 13.7. The first kappa shape index (κ1) is 19.1. The largest absolute Gasteiger partial charge is 0.342 e. The predicted octanol–water partition coefficient (Wildman–Crippen LogP) is 2.47. The molecule has 150 valence electrons. The highest BCUT2D eigenvalue weighted by atomic mass is 16.5. The normalized spacial score (nSPS) is 23.5. The van der Waals surface area contributed by atoms with Gasteiger partial charge >= 0.3 is 0 Å². The third-order valence-corrected chi connectivity index (χ3v) is 6.03. The highest BCUT2D eigenvalue weighted by molar-refractivity contribution is 5.77. The Bertz CT molecular complexity index is 793. The maximum atomic E-state index is 12.5. The Hall–Kier alpha value is -2.28. The van der Waals surface area contributed by atoms with E-state index in [1.807, 2.05) is 31.3 Å². The fraction of sp³-hybridized carbons (Fsp3) is 0.619. The van der Waals surface area contributed by atoms with Crippen molar-refractivity contribution in [3.8, 4) is 0 Å². The summed E-state index contributed by atoms with van der Waals surface area (Å²) in [6, 6.07) is 5.96. The number of hydrogen-bond donors (Lipinski definition) is 0. The van der Waals surface area contributed by atoms with Crippen LogP contribution < -0.4 is 0 Å². The molecule has 0 radical (unpaired) electrons. The summed E-state index contributed by atoms with van der Waals surface area (Å²) in [5.41, 5.74) is 1.23. The van der Waals surface area contributed by atoms with Gasteiger partial charge in [0, 0.05) is 56.2 Å². The Morgan fingerprint density at radius 3 is 2.96 bits per heavy atom. The van der Waals surface area contributed by atoms with Gasteiger partial charge in [-0.2, -0.15) is 4.98 Å². The highest BCUT2D eigenvalue weighted by Crippen LogP contribution is 2.39. The van der Waals surface area contributed by atoms with Crippen LogP contribution in [0.2, 0.25) is 0 Å². The van der Waals surface area contributed by atoms with Crippen molar-refractivity contribution in [3.63, 3.8) is 0 Å². The second-order valence-electron chi connectivity index (χ2n) is 8.16. The SMILES string of the molecule is CCc1nc(CN2CCC[C@@]3(CCC(=O)N(CCc4ccccn4)C3)C2)no1. The summed E-state index contributed by atoms with van der Waals surface area (Å²) in [6.45, 7) is 6.40. The van der Waals surface area contributed by atoms with Crippen molar-refractivity contribution >= 4 is 5.91 Å². The van der Waals surface area contributed by atoms with E-state index in [0.717, 1.165) is 69.9 Å². The lowest BCUT2D eigenvalue weighted by Gasteiger charge is -2.48. The van der Waals surface area contributed by atoms with Crippen molar-refractivity contribution < 1.29 is 9.32 Å². The molecule has 0 unspecified atom stereocenters. The molecule has 0 bridgehead atoms. The van der Waals surface area contributed by atoms with Crippen LogP contribution in [0.25, 0.3) is 0 Å². The molecule has 0 aliphatic carbocycles. The lowest BCUT2D eigenvalue weighted by atomic mass is 9.73. The molecular formula is C21H29N5O2. The van der Waals surface area contributed by atoms with Gasteiger partial charge in [0.15, 0.2) is 5.82 Å². The van der Waals surface area contributed by atoms with E-state index in [4.69, 9.17) is 4.52 Å². The zero-order valence-corrected chi connectivity index (χ0v) is 16.6. The number of nitrogens with zero attached hydrogens (tertiary/aromatic N) is 5. The summed E-state index contributed by atoms with van der Waals surface area (Å²) >= 11 is 0. The van der Waals surface area contributed by atoms with Crippen LogP contribution >= 0.6 is 0 Å². The zero-order valence-electron chi connectivity index (χ0n) is 16.6. The summed E-state index contributed by atoms with van der Waals surface area (Å²) in [6.07, 6.45) is 7.37. The number of hydrogen-bond acceptors (Lipinski definition) is 6. The van der Waals surface area contributed by atoms with Crippen LogP contribution in [-0.2, 0) is 24.2 Å². The van der Waals surface area contributed by atoms with Crippen molar-refractivity contribution in [2.45, 2.75) is 52.0 Å². The third kappa shape index (κ3) is 4.41. The molecule has 2 saturated heterocycles. The summed E-state index contributed by atoms with van der Waals surface area (Å²) in [5.74, 6) is 1.75. The van der Waals surface area contributed by atoms with Gasteiger partial charge in [-0.15, -0.1) is 0 Å². The fourth-order valence-corrected chi connectivity index (χ4v) is 4.58. The van der Waals surface area contributed by atoms with E-state index in [1.54, 1.807) is 0 Å². The van der Waals surface area contributed by atoms with E-state index in [0.29, 0.717) is 12.3 Å². The molecule has 4 heterocycles. The second-order valence-corrected chi connectivity index (χ2v) is 8.16. The number of carbonyl (C=O) groups is 1. The molecule has 2 aromatic heterocycles. The van der Waals surface area contributed by atoms with Gasteiger partial charge in [-0.05, 0) is 37.9 Å².